The van der Waals surface area contributed by atoms with E-state index >= 15 is 0 Å². The van der Waals surface area contributed by atoms with Crippen LogP contribution in [-0.2, 0) is 9.05 Å². The maximum atomic E-state index is 13.3. The molecule has 0 N–H and O–H groups in total. The van der Waals surface area contributed by atoms with Crippen molar-refractivity contribution in [3.8, 4) is 11.1 Å². The predicted molar refractivity (Wildman–Crippen MR) is 62.7 cm³/mol. The van der Waals surface area contributed by atoms with E-state index < -0.39 is 14.9 Å². The summed E-state index contributed by atoms with van der Waals surface area (Å²) in [5.74, 6) is -0.654. The Kier molecular flexibility index (Phi) is 3.13. The zero-order valence-corrected chi connectivity index (χ0v) is 10.0. The number of rotatable bonds is 2. The van der Waals surface area contributed by atoms with E-state index in [4.69, 9.17) is 10.7 Å². The van der Waals surface area contributed by atoms with Gasteiger partial charge in [-0.2, -0.15) is 0 Å². The van der Waals surface area contributed by atoms with E-state index in [9.17, 15) is 12.8 Å². The van der Waals surface area contributed by atoms with Gasteiger partial charge >= 0.3 is 0 Å². The molecule has 0 aliphatic carbocycles. The van der Waals surface area contributed by atoms with Crippen molar-refractivity contribution in [2.24, 2.45) is 0 Å². The first-order valence-electron chi connectivity index (χ1n) is 4.62. The number of aromatic nitrogens is 1. The molecule has 3 nitrogen and oxygen atoms in total. The van der Waals surface area contributed by atoms with Crippen LogP contribution in [0.2, 0.25) is 0 Å². The fourth-order valence-electron chi connectivity index (χ4n) is 1.41. The van der Waals surface area contributed by atoms with Crippen LogP contribution in [0.3, 0.4) is 0 Å². The van der Waals surface area contributed by atoms with Crippen LogP contribution in [0.1, 0.15) is 0 Å². The second-order valence-electron chi connectivity index (χ2n) is 3.35. The van der Waals surface area contributed by atoms with Gasteiger partial charge < -0.3 is 0 Å². The molecule has 1 aromatic carbocycles. The fourth-order valence-corrected chi connectivity index (χ4v) is 2.20. The van der Waals surface area contributed by atoms with Crippen LogP contribution in [0.5, 0.6) is 0 Å². The highest BCUT2D eigenvalue weighted by atomic mass is 35.7. The molecular formula is C11H7ClFNO2S. The molecule has 0 saturated heterocycles. The van der Waals surface area contributed by atoms with E-state index in [1.54, 1.807) is 12.1 Å². The molecule has 1 heterocycles. The molecule has 0 bridgehead atoms. The van der Waals surface area contributed by atoms with Crippen LogP contribution in [0.4, 0.5) is 4.39 Å². The SMILES string of the molecule is O=S(=O)(Cl)c1cc(F)cc(-c2ccncc2)c1. The molecule has 6 heteroatoms. The number of halogens is 2. The highest BCUT2D eigenvalue weighted by Crippen LogP contribution is 2.25. The average molecular weight is 272 g/mol. The lowest BCUT2D eigenvalue weighted by Gasteiger charge is -2.03. The molecule has 0 spiro atoms. The monoisotopic (exact) mass is 271 g/mol. The van der Waals surface area contributed by atoms with E-state index in [0.717, 1.165) is 6.07 Å². The maximum absolute atomic E-state index is 13.3. The van der Waals surface area contributed by atoms with Crippen LogP contribution in [0, 0.1) is 5.82 Å². The van der Waals surface area contributed by atoms with Gasteiger partial charge in [0.1, 0.15) is 5.82 Å². The summed E-state index contributed by atoms with van der Waals surface area (Å²) in [5.41, 5.74) is 1.10. The van der Waals surface area contributed by atoms with Crippen molar-refractivity contribution in [3.05, 3.63) is 48.5 Å². The Morgan fingerprint density at radius 2 is 1.71 bits per heavy atom. The van der Waals surface area contributed by atoms with Crippen LogP contribution >= 0.6 is 10.7 Å². The minimum atomic E-state index is -3.94. The minimum absolute atomic E-state index is 0.258. The molecule has 0 radical (unpaired) electrons. The van der Waals surface area contributed by atoms with Crippen molar-refractivity contribution in [2.75, 3.05) is 0 Å². The molecule has 0 saturated carbocycles. The summed E-state index contributed by atoms with van der Waals surface area (Å²) in [7, 11) is 1.24. The molecule has 0 atom stereocenters. The molecule has 88 valence electrons. The van der Waals surface area contributed by atoms with Crippen molar-refractivity contribution < 1.29 is 12.8 Å². The zero-order chi connectivity index (χ0) is 12.5. The zero-order valence-electron chi connectivity index (χ0n) is 8.47. The summed E-state index contributed by atoms with van der Waals surface area (Å²) < 4.78 is 35.6. The number of hydrogen-bond acceptors (Lipinski definition) is 3. The van der Waals surface area contributed by atoms with Crippen LogP contribution in [0.15, 0.2) is 47.6 Å². The van der Waals surface area contributed by atoms with E-state index in [1.807, 2.05) is 0 Å². The Bertz CT molecular complexity index is 644. The van der Waals surface area contributed by atoms with Crippen molar-refractivity contribution in [3.63, 3.8) is 0 Å². The number of benzene rings is 1. The lowest BCUT2D eigenvalue weighted by Crippen LogP contribution is -1.93. The van der Waals surface area contributed by atoms with E-state index in [0.29, 0.717) is 11.1 Å². The Labute approximate surface area is 102 Å². The van der Waals surface area contributed by atoms with Gasteiger partial charge in [0.25, 0.3) is 9.05 Å². The van der Waals surface area contributed by atoms with Crippen molar-refractivity contribution in [1.82, 2.24) is 4.98 Å². The van der Waals surface area contributed by atoms with Gasteiger partial charge in [-0.05, 0) is 41.5 Å². The summed E-state index contributed by atoms with van der Waals surface area (Å²) in [6.45, 7) is 0. The Morgan fingerprint density at radius 1 is 1.06 bits per heavy atom. The quantitative estimate of drug-likeness (QED) is 0.789. The Morgan fingerprint density at radius 3 is 2.29 bits per heavy atom. The topological polar surface area (TPSA) is 47.0 Å². The minimum Gasteiger partial charge on any atom is -0.265 e. The van der Waals surface area contributed by atoms with E-state index in [2.05, 4.69) is 4.98 Å². The van der Waals surface area contributed by atoms with E-state index in [1.165, 1.54) is 24.5 Å². The molecule has 0 aliphatic rings. The first-order valence-corrected chi connectivity index (χ1v) is 6.93. The Hall–Kier alpha value is -1.46. The maximum Gasteiger partial charge on any atom is 0.261 e. The van der Waals surface area contributed by atoms with Crippen LogP contribution in [0.25, 0.3) is 11.1 Å². The van der Waals surface area contributed by atoms with Gasteiger partial charge in [-0.3, -0.25) is 4.98 Å². The standard InChI is InChI=1S/C11H7ClFNO2S/c12-17(15,16)11-6-9(5-10(13)7-11)8-1-3-14-4-2-8/h1-7H. The lowest BCUT2D eigenvalue weighted by molar-refractivity contribution is 0.602. The third kappa shape index (κ3) is 2.81. The third-order valence-corrected chi connectivity index (χ3v) is 3.50. The molecule has 2 rings (SSSR count). The average Bonchev–Trinajstić information content (AvgIpc) is 2.28. The molecule has 0 aliphatic heterocycles. The summed E-state index contributed by atoms with van der Waals surface area (Å²) in [6, 6.07) is 6.74. The van der Waals surface area contributed by atoms with Gasteiger partial charge in [-0.25, -0.2) is 12.8 Å². The summed E-state index contributed by atoms with van der Waals surface area (Å²) in [6.07, 6.45) is 3.07. The van der Waals surface area contributed by atoms with Gasteiger partial charge in [-0.15, -0.1) is 0 Å². The largest absolute Gasteiger partial charge is 0.265 e. The van der Waals surface area contributed by atoms with Crippen molar-refractivity contribution >= 4 is 19.7 Å². The molecule has 1 aromatic heterocycles. The molecular weight excluding hydrogens is 265 g/mol. The van der Waals surface area contributed by atoms with Crippen LogP contribution in [-0.4, -0.2) is 13.4 Å². The van der Waals surface area contributed by atoms with Crippen molar-refractivity contribution in [1.29, 1.82) is 0 Å². The molecule has 0 unspecified atom stereocenters. The van der Waals surface area contributed by atoms with Gasteiger partial charge in [0.2, 0.25) is 0 Å². The molecule has 0 amide bonds. The van der Waals surface area contributed by atoms with Gasteiger partial charge in [0.15, 0.2) is 0 Å². The summed E-state index contributed by atoms with van der Waals surface area (Å²) in [4.78, 5) is 3.57. The third-order valence-electron chi connectivity index (χ3n) is 2.17. The van der Waals surface area contributed by atoms with Crippen LogP contribution < -0.4 is 0 Å². The fraction of sp³-hybridized carbons (Fsp3) is 0. The van der Waals surface area contributed by atoms with E-state index in [-0.39, 0.29) is 4.90 Å². The highest BCUT2D eigenvalue weighted by molar-refractivity contribution is 8.13. The first-order chi connectivity index (χ1) is 7.97. The second kappa shape index (κ2) is 4.43. The normalized spacial score (nSPS) is 11.4. The summed E-state index contributed by atoms with van der Waals surface area (Å²) in [5, 5.41) is 0. The van der Waals surface area contributed by atoms with Gasteiger partial charge in [0, 0.05) is 23.1 Å². The lowest BCUT2D eigenvalue weighted by atomic mass is 10.1. The first kappa shape index (κ1) is 12.0. The number of pyridine rings is 1. The molecule has 2 aromatic rings. The van der Waals surface area contributed by atoms with Crippen molar-refractivity contribution in [2.45, 2.75) is 4.90 Å². The number of nitrogens with zero attached hydrogens (tertiary/aromatic N) is 1. The van der Waals surface area contributed by atoms with Gasteiger partial charge in [0.05, 0.1) is 4.90 Å². The number of hydrogen-bond donors (Lipinski definition) is 0. The second-order valence-corrected chi connectivity index (χ2v) is 5.92. The molecule has 17 heavy (non-hydrogen) atoms. The van der Waals surface area contributed by atoms with Gasteiger partial charge in [-0.1, -0.05) is 0 Å². The Balaban J connectivity index is 2.61. The predicted octanol–water partition coefficient (Wildman–Crippen LogP) is 2.82. The highest BCUT2D eigenvalue weighted by Gasteiger charge is 2.13. The molecule has 0 fully saturated rings. The smallest absolute Gasteiger partial charge is 0.261 e. The summed E-state index contributed by atoms with van der Waals surface area (Å²) >= 11 is 0.